The van der Waals surface area contributed by atoms with Crippen LogP contribution in [0.2, 0.25) is 0 Å². The molecule has 2 aromatic carbocycles. The van der Waals surface area contributed by atoms with Crippen molar-refractivity contribution in [3.05, 3.63) is 65.2 Å². The molecule has 6 nitrogen and oxygen atoms in total. The predicted octanol–water partition coefficient (Wildman–Crippen LogP) is 3.61. The van der Waals surface area contributed by atoms with Crippen LogP contribution in [0.3, 0.4) is 0 Å². The van der Waals surface area contributed by atoms with Crippen molar-refractivity contribution in [2.45, 2.75) is 38.7 Å². The number of Topliss-reactive ketones (excluding diaryl/α,β-unsaturated/α-hetero) is 1. The van der Waals surface area contributed by atoms with Gasteiger partial charge in [-0.15, -0.1) is 0 Å². The minimum atomic E-state index is -2.05. The molecule has 29 heavy (non-hydrogen) atoms. The lowest BCUT2D eigenvalue weighted by atomic mass is 9.79. The third-order valence-electron chi connectivity index (χ3n) is 4.98. The summed E-state index contributed by atoms with van der Waals surface area (Å²) in [4.78, 5) is 38.9. The van der Waals surface area contributed by atoms with E-state index in [0.717, 1.165) is 5.56 Å². The number of ketones is 1. The van der Waals surface area contributed by atoms with E-state index >= 15 is 0 Å². The van der Waals surface area contributed by atoms with Crippen LogP contribution in [-0.2, 0) is 19.1 Å². The zero-order chi connectivity index (χ0) is 21.0. The Morgan fingerprint density at radius 1 is 0.931 bits per heavy atom. The molecule has 3 rings (SSSR count). The van der Waals surface area contributed by atoms with E-state index < -0.39 is 23.5 Å². The summed E-state index contributed by atoms with van der Waals surface area (Å²) in [7, 11) is 0. The molecule has 6 heteroatoms. The number of aryl methyl sites for hydroxylation is 1. The third-order valence-corrected chi connectivity index (χ3v) is 4.98. The minimum absolute atomic E-state index is 0.0678. The second-order valence-electron chi connectivity index (χ2n) is 6.86. The number of carbonyl (C=O) groups excluding carboxylic acids is 3. The summed E-state index contributed by atoms with van der Waals surface area (Å²) in [6, 6.07) is 14.1. The van der Waals surface area contributed by atoms with Gasteiger partial charge in [0.1, 0.15) is 5.75 Å². The molecule has 1 heterocycles. The number of hydrogen-bond acceptors (Lipinski definition) is 6. The van der Waals surface area contributed by atoms with Gasteiger partial charge in [0.25, 0.3) is 0 Å². The molecule has 0 saturated carbocycles. The highest BCUT2D eigenvalue weighted by molar-refractivity contribution is 6.08. The molecule has 0 saturated heterocycles. The van der Waals surface area contributed by atoms with E-state index in [1.165, 1.54) is 0 Å². The van der Waals surface area contributed by atoms with Crippen molar-refractivity contribution in [2.24, 2.45) is 0 Å². The maximum Gasteiger partial charge on any atom is 0.363 e. The molecule has 0 amide bonds. The van der Waals surface area contributed by atoms with Gasteiger partial charge in [0.15, 0.2) is 5.78 Å². The second kappa shape index (κ2) is 8.47. The van der Waals surface area contributed by atoms with Crippen molar-refractivity contribution in [1.82, 2.24) is 0 Å². The first kappa shape index (κ1) is 20.6. The zero-order valence-electron chi connectivity index (χ0n) is 16.8. The molecule has 0 aromatic heterocycles. The van der Waals surface area contributed by atoms with Gasteiger partial charge in [-0.25, -0.2) is 9.59 Å². The largest absolute Gasteiger partial charge is 0.463 e. The van der Waals surface area contributed by atoms with Crippen LogP contribution in [0.25, 0.3) is 0 Å². The normalized spacial score (nSPS) is 16.4. The molecule has 1 atom stereocenters. The molecule has 1 unspecified atom stereocenters. The quantitative estimate of drug-likeness (QED) is 0.404. The SMILES string of the molecule is CCOC(=O)C1(C(=O)OCC)Oc2ccccc2C1CC(=O)c1ccc(C)cc1. The Kier molecular flexibility index (Phi) is 6.01. The molecular formula is C23H24O6. The van der Waals surface area contributed by atoms with Gasteiger partial charge in [0.2, 0.25) is 0 Å². The van der Waals surface area contributed by atoms with E-state index in [2.05, 4.69) is 0 Å². The summed E-state index contributed by atoms with van der Waals surface area (Å²) >= 11 is 0. The predicted molar refractivity (Wildman–Crippen MR) is 106 cm³/mol. The van der Waals surface area contributed by atoms with E-state index in [0.29, 0.717) is 16.9 Å². The van der Waals surface area contributed by atoms with E-state index in [1.807, 2.05) is 19.1 Å². The molecule has 0 fully saturated rings. The fourth-order valence-corrected chi connectivity index (χ4v) is 3.55. The second-order valence-corrected chi connectivity index (χ2v) is 6.86. The van der Waals surface area contributed by atoms with Gasteiger partial charge in [-0.2, -0.15) is 0 Å². The highest BCUT2D eigenvalue weighted by Gasteiger charge is 2.63. The topological polar surface area (TPSA) is 78.9 Å². The van der Waals surface area contributed by atoms with Crippen molar-refractivity contribution < 1.29 is 28.6 Å². The van der Waals surface area contributed by atoms with E-state index in [-0.39, 0.29) is 25.4 Å². The van der Waals surface area contributed by atoms with Gasteiger partial charge >= 0.3 is 17.5 Å². The average Bonchev–Trinajstić information content (AvgIpc) is 3.04. The first-order valence-corrected chi connectivity index (χ1v) is 9.66. The molecule has 1 aliphatic heterocycles. The monoisotopic (exact) mass is 396 g/mol. The molecule has 0 radical (unpaired) electrons. The maximum atomic E-state index is 13.0. The van der Waals surface area contributed by atoms with E-state index in [9.17, 15) is 14.4 Å². The fraction of sp³-hybridized carbons (Fsp3) is 0.348. The maximum absolute atomic E-state index is 13.0. The smallest absolute Gasteiger partial charge is 0.363 e. The molecular weight excluding hydrogens is 372 g/mol. The van der Waals surface area contributed by atoms with Crippen molar-refractivity contribution in [2.75, 3.05) is 13.2 Å². The highest BCUT2D eigenvalue weighted by atomic mass is 16.6. The van der Waals surface area contributed by atoms with Crippen LogP contribution in [0.5, 0.6) is 5.75 Å². The number of benzene rings is 2. The Morgan fingerprint density at radius 2 is 1.52 bits per heavy atom. The first-order valence-electron chi connectivity index (χ1n) is 9.66. The first-order chi connectivity index (χ1) is 13.9. The Balaban J connectivity index is 2.06. The van der Waals surface area contributed by atoms with Crippen molar-refractivity contribution in [3.63, 3.8) is 0 Å². The molecule has 0 spiro atoms. The van der Waals surface area contributed by atoms with Crippen LogP contribution >= 0.6 is 0 Å². The lowest BCUT2D eigenvalue weighted by molar-refractivity contribution is -0.180. The molecule has 0 aliphatic carbocycles. The summed E-state index contributed by atoms with van der Waals surface area (Å²) in [5.74, 6) is -2.39. The summed E-state index contributed by atoms with van der Waals surface area (Å²) < 4.78 is 16.3. The Bertz CT molecular complexity index is 897. The molecule has 0 N–H and O–H groups in total. The Labute approximate surface area is 169 Å². The van der Waals surface area contributed by atoms with Crippen molar-refractivity contribution in [3.8, 4) is 5.75 Å². The molecule has 0 bridgehead atoms. The standard InChI is InChI=1S/C23H24O6/c1-4-27-21(25)23(22(26)28-5-2)18(17-8-6-7-9-20(17)29-23)14-19(24)16-12-10-15(3)11-13-16/h6-13,18H,4-5,14H2,1-3H3. The van der Waals surface area contributed by atoms with Gasteiger partial charge in [0.05, 0.1) is 19.1 Å². The minimum Gasteiger partial charge on any atom is -0.463 e. The van der Waals surface area contributed by atoms with E-state index in [1.54, 1.807) is 50.2 Å². The van der Waals surface area contributed by atoms with Gasteiger partial charge in [0, 0.05) is 17.5 Å². The summed E-state index contributed by atoms with van der Waals surface area (Å²) in [5.41, 5.74) is 0.0925. The number of hydrogen-bond donors (Lipinski definition) is 0. The van der Waals surface area contributed by atoms with Crippen LogP contribution in [0.1, 0.15) is 47.7 Å². The zero-order valence-corrected chi connectivity index (χ0v) is 16.8. The van der Waals surface area contributed by atoms with Crippen molar-refractivity contribution >= 4 is 17.7 Å². The van der Waals surface area contributed by atoms with Crippen LogP contribution < -0.4 is 4.74 Å². The van der Waals surface area contributed by atoms with Crippen LogP contribution in [0, 0.1) is 6.92 Å². The van der Waals surface area contributed by atoms with Crippen LogP contribution in [-0.4, -0.2) is 36.5 Å². The van der Waals surface area contributed by atoms with Crippen molar-refractivity contribution in [1.29, 1.82) is 0 Å². The van der Waals surface area contributed by atoms with Gasteiger partial charge < -0.3 is 14.2 Å². The number of para-hydroxylation sites is 1. The number of esters is 2. The van der Waals surface area contributed by atoms with Crippen LogP contribution in [0.4, 0.5) is 0 Å². The van der Waals surface area contributed by atoms with Gasteiger partial charge in [-0.1, -0.05) is 48.0 Å². The lowest BCUT2D eigenvalue weighted by Gasteiger charge is -2.29. The number of fused-ring (bicyclic) bond motifs is 1. The summed E-state index contributed by atoms with van der Waals surface area (Å²) in [5, 5.41) is 0. The average molecular weight is 396 g/mol. The fourth-order valence-electron chi connectivity index (χ4n) is 3.55. The lowest BCUT2D eigenvalue weighted by Crippen LogP contribution is -2.55. The van der Waals surface area contributed by atoms with Gasteiger partial charge in [-0.3, -0.25) is 4.79 Å². The Morgan fingerprint density at radius 3 is 2.10 bits per heavy atom. The molecule has 1 aliphatic rings. The highest BCUT2D eigenvalue weighted by Crippen LogP contribution is 2.48. The molecule has 2 aromatic rings. The van der Waals surface area contributed by atoms with Crippen LogP contribution in [0.15, 0.2) is 48.5 Å². The number of carbonyl (C=O) groups is 3. The summed E-state index contributed by atoms with van der Waals surface area (Å²) in [6.45, 7) is 5.36. The van der Waals surface area contributed by atoms with E-state index in [4.69, 9.17) is 14.2 Å². The Hall–Kier alpha value is -3.15. The molecule has 152 valence electrons. The number of ether oxygens (including phenoxy) is 3. The third kappa shape index (κ3) is 3.75. The van der Waals surface area contributed by atoms with Gasteiger partial charge in [-0.05, 0) is 26.8 Å². The number of rotatable bonds is 7. The summed E-state index contributed by atoms with van der Waals surface area (Å²) in [6.07, 6.45) is -0.0995.